The number of para-hydroxylation sites is 1. The van der Waals surface area contributed by atoms with Crippen molar-refractivity contribution in [2.75, 3.05) is 5.32 Å². The van der Waals surface area contributed by atoms with Crippen molar-refractivity contribution in [3.63, 3.8) is 0 Å². The Balaban J connectivity index is 1.85. The minimum Gasteiger partial charge on any atom is -0.364 e. The molecule has 0 saturated heterocycles. The van der Waals surface area contributed by atoms with E-state index in [4.69, 9.17) is 0 Å². The summed E-state index contributed by atoms with van der Waals surface area (Å²) in [6.45, 7) is 3.79. The number of benzene rings is 2. The van der Waals surface area contributed by atoms with Gasteiger partial charge in [-0.1, -0.05) is 24.3 Å². The minimum absolute atomic E-state index is 0.0560. The molecule has 1 heterocycles. The molecule has 0 unspecified atom stereocenters. The molecular formula is C17H19N3O3S. The van der Waals surface area contributed by atoms with Crippen LogP contribution in [0, 0.1) is 0 Å². The summed E-state index contributed by atoms with van der Waals surface area (Å²) in [6.07, 6.45) is -0.577. The lowest BCUT2D eigenvalue weighted by Gasteiger charge is -2.28. The Morgan fingerprint density at radius 1 is 1.08 bits per heavy atom. The van der Waals surface area contributed by atoms with Gasteiger partial charge >= 0.3 is 0 Å². The number of fused-ring (bicyclic) bond motifs is 1. The lowest BCUT2D eigenvalue weighted by atomic mass is 10.1. The number of hydrogen-bond acceptors (Lipinski definition) is 4. The third-order valence-corrected chi connectivity index (χ3v) is 5.16. The molecule has 0 bridgehead atoms. The number of anilines is 1. The summed E-state index contributed by atoms with van der Waals surface area (Å²) in [6, 6.07) is 13.6. The van der Waals surface area contributed by atoms with Crippen LogP contribution >= 0.6 is 0 Å². The zero-order valence-corrected chi connectivity index (χ0v) is 14.2. The van der Waals surface area contributed by atoms with E-state index in [1.165, 1.54) is 0 Å². The van der Waals surface area contributed by atoms with E-state index in [1.807, 2.05) is 13.8 Å². The predicted octanol–water partition coefficient (Wildman–Crippen LogP) is 2.23. The molecule has 0 aromatic heterocycles. The van der Waals surface area contributed by atoms with Crippen LogP contribution in [0.2, 0.25) is 0 Å². The molecule has 1 amide bonds. The number of amides is 1. The maximum Gasteiger partial charge on any atom is 0.251 e. The number of hydrogen-bond donors (Lipinski definition) is 3. The fourth-order valence-electron chi connectivity index (χ4n) is 2.55. The zero-order valence-electron chi connectivity index (χ0n) is 13.4. The van der Waals surface area contributed by atoms with Crippen molar-refractivity contribution in [1.29, 1.82) is 0 Å². The Bertz CT molecular complexity index is 861. The molecule has 126 valence electrons. The van der Waals surface area contributed by atoms with Crippen LogP contribution in [0.15, 0.2) is 53.4 Å². The summed E-state index contributed by atoms with van der Waals surface area (Å²) in [5.74, 6) is -0.154. The van der Waals surface area contributed by atoms with Gasteiger partial charge in [0.1, 0.15) is 11.1 Å². The standard InChI is InChI=1S/C17H19N3O3S/c1-11(2)18-17(21)13-9-7-12(8-10-13)16-19-14-5-3-4-6-15(14)24(22,23)20-16/h3-11,16,19-20H,1-2H3,(H,18,21)/t16-/m0/s1. The van der Waals surface area contributed by atoms with Gasteiger partial charge in [0.05, 0.1) is 5.69 Å². The second-order valence-corrected chi connectivity index (χ2v) is 7.63. The van der Waals surface area contributed by atoms with Crippen molar-refractivity contribution in [2.45, 2.75) is 31.0 Å². The van der Waals surface area contributed by atoms with Crippen molar-refractivity contribution in [3.05, 3.63) is 59.7 Å². The summed E-state index contributed by atoms with van der Waals surface area (Å²) in [4.78, 5) is 12.2. The van der Waals surface area contributed by atoms with Crippen molar-refractivity contribution >= 4 is 21.6 Å². The molecule has 0 fully saturated rings. The first kappa shape index (κ1) is 16.5. The van der Waals surface area contributed by atoms with E-state index in [2.05, 4.69) is 15.4 Å². The van der Waals surface area contributed by atoms with E-state index in [9.17, 15) is 13.2 Å². The highest BCUT2D eigenvalue weighted by Crippen LogP contribution is 2.30. The van der Waals surface area contributed by atoms with Crippen LogP contribution in [0.3, 0.4) is 0 Å². The Labute approximate surface area is 141 Å². The number of rotatable bonds is 3. The van der Waals surface area contributed by atoms with Crippen LogP contribution in [0.1, 0.15) is 35.9 Å². The molecule has 7 heteroatoms. The molecule has 1 aliphatic heterocycles. The normalized spacial score (nSPS) is 18.5. The van der Waals surface area contributed by atoms with E-state index in [-0.39, 0.29) is 16.8 Å². The van der Waals surface area contributed by atoms with Gasteiger partial charge in [0.15, 0.2) is 0 Å². The van der Waals surface area contributed by atoms with Crippen LogP contribution in [-0.2, 0) is 10.0 Å². The quantitative estimate of drug-likeness (QED) is 0.796. The lowest BCUT2D eigenvalue weighted by molar-refractivity contribution is 0.0943. The first-order valence-electron chi connectivity index (χ1n) is 7.65. The van der Waals surface area contributed by atoms with Gasteiger partial charge in [-0.25, -0.2) is 8.42 Å². The molecule has 0 aliphatic carbocycles. The summed E-state index contributed by atoms with van der Waals surface area (Å²) >= 11 is 0. The second-order valence-electron chi connectivity index (χ2n) is 5.94. The molecule has 2 aromatic rings. The highest BCUT2D eigenvalue weighted by Gasteiger charge is 2.29. The first-order valence-corrected chi connectivity index (χ1v) is 9.14. The van der Waals surface area contributed by atoms with E-state index < -0.39 is 16.2 Å². The molecule has 3 N–H and O–H groups in total. The average Bonchev–Trinajstić information content (AvgIpc) is 2.54. The molecule has 1 aliphatic rings. The molecule has 6 nitrogen and oxygen atoms in total. The Kier molecular flexibility index (Phi) is 4.29. The van der Waals surface area contributed by atoms with Crippen LogP contribution in [-0.4, -0.2) is 20.4 Å². The smallest absolute Gasteiger partial charge is 0.251 e. The molecule has 1 atom stereocenters. The molecule has 0 spiro atoms. The third kappa shape index (κ3) is 3.27. The third-order valence-electron chi connectivity index (χ3n) is 3.68. The lowest BCUT2D eigenvalue weighted by Crippen LogP contribution is -2.38. The fraction of sp³-hybridized carbons (Fsp3) is 0.235. The summed E-state index contributed by atoms with van der Waals surface area (Å²) in [5, 5.41) is 5.98. The van der Waals surface area contributed by atoms with Crippen molar-refractivity contribution in [2.24, 2.45) is 0 Å². The van der Waals surface area contributed by atoms with Crippen molar-refractivity contribution in [3.8, 4) is 0 Å². The SMILES string of the molecule is CC(C)NC(=O)c1ccc([C@H]2Nc3ccccc3S(=O)(=O)N2)cc1. The zero-order chi connectivity index (χ0) is 17.3. The number of nitrogens with one attached hydrogen (secondary N) is 3. The van der Waals surface area contributed by atoms with Crippen LogP contribution < -0.4 is 15.4 Å². The van der Waals surface area contributed by atoms with Crippen LogP contribution in [0.25, 0.3) is 0 Å². The van der Waals surface area contributed by atoms with Crippen molar-refractivity contribution in [1.82, 2.24) is 10.0 Å². The fourth-order valence-corrected chi connectivity index (χ4v) is 3.85. The highest BCUT2D eigenvalue weighted by atomic mass is 32.2. The van der Waals surface area contributed by atoms with Crippen LogP contribution in [0.5, 0.6) is 0 Å². The molecule has 0 radical (unpaired) electrons. The van der Waals surface area contributed by atoms with Gasteiger partial charge in [0.2, 0.25) is 10.0 Å². The molecule has 3 rings (SSSR count). The summed E-state index contributed by atoms with van der Waals surface area (Å²) in [5.41, 5.74) is 1.82. The maximum absolute atomic E-state index is 12.3. The number of sulfonamides is 1. The Hall–Kier alpha value is -2.38. The Morgan fingerprint density at radius 2 is 1.75 bits per heavy atom. The largest absolute Gasteiger partial charge is 0.364 e. The predicted molar refractivity (Wildman–Crippen MR) is 92.2 cm³/mol. The minimum atomic E-state index is -3.57. The maximum atomic E-state index is 12.3. The van der Waals surface area contributed by atoms with Gasteiger partial charge in [-0.3, -0.25) is 4.79 Å². The molecular weight excluding hydrogens is 326 g/mol. The van der Waals surface area contributed by atoms with Crippen molar-refractivity contribution < 1.29 is 13.2 Å². The van der Waals surface area contributed by atoms with Crippen LogP contribution in [0.4, 0.5) is 5.69 Å². The van der Waals surface area contributed by atoms with Gasteiger partial charge in [-0.2, -0.15) is 4.72 Å². The van der Waals surface area contributed by atoms with E-state index in [0.717, 1.165) is 5.56 Å². The first-order chi connectivity index (χ1) is 11.4. The van der Waals surface area contributed by atoms with Gasteiger partial charge in [0, 0.05) is 11.6 Å². The molecule has 24 heavy (non-hydrogen) atoms. The van der Waals surface area contributed by atoms with Gasteiger partial charge in [-0.05, 0) is 43.7 Å². The molecule has 2 aromatic carbocycles. The number of carbonyl (C=O) groups excluding carboxylic acids is 1. The average molecular weight is 345 g/mol. The van der Waals surface area contributed by atoms with Gasteiger partial charge in [-0.15, -0.1) is 0 Å². The van der Waals surface area contributed by atoms with Gasteiger partial charge in [0.25, 0.3) is 5.91 Å². The highest BCUT2D eigenvalue weighted by molar-refractivity contribution is 7.89. The number of carbonyl (C=O) groups is 1. The van der Waals surface area contributed by atoms with E-state index >= 15 is 0 Å². The monoisotopic (exact) mass is 345 g/mol. The van der Waals surface area contributed by atoms with E-state index in [1.54, 1.807) is 48.5 Å². The second kappa shape index (κ2) is 6.26. The summed E-state index contributed by atoms with van der Waals surface area (Å²) < 4.78 is 27.3. The Morgan fingerprint density at radius 3 is 2.42 bits per heavy atom. The summed E-state index contributed by atoms with van der Waals surface area (Å²) in [7, 11) is -3.57. The van der Waals surface area contributed by atoms with Gasteiger partial charge < -0.3 is 10.6 Å². The van der Waals surface area contributed by atoms with E-state index in [0.29, 0.717) is 11.3 Å². The topological polar surface area (TPSA) is 87.3 Å². The molecule has 0 saturated carbocycles.